The van der Waals surface area contributed by atoms with Crippen molar-refractivity contribution in [3.8, 4) is 0 Å². The highest BCUT2D eigenvalue weighted by Crippen LogP contribution is 2.38. The molecular weight excluding hydrogens is 250 g/mol. The van der Waals surface area contributed by atoms with Crippen molar-refractivity contribution in [2.24, 2.45) is 17.6 Å². The van der Waals surface area contributed by atoms with E-state index in [-0.39, 0.29) is 5.91 Å². The summed E-state index contributed by atoms with van der Waals surface area (Å²) in [7, 11) is 2.18. The van der Waals surface area contributed by atoms with Gasteiger partial charge in [0.15, 0.2) is 0 Å². The Morgan fingerprint density at radius 1 is 1.45 bits per heavy atom. The van der Waals surface area contributed by atoms with Crippen LogP contribution in [0, 0.1) is 11.8 Å². The Kier molecular flexibility index (Phi) is 6.46. The highest BCUT2D eigenvalue weighted by atomic mass is 16.1. The number of carbonyl (C=O) groups excluding carboxylic acids is 1. The summed E-state index contributed by atoms with van der Waals surface area (Å²) >= 11 is 0. The van der Waals surface area contributed by atoms with Gasteiger partial charge in [-0.3, -0.25) is 4.79 Å². The Hall–Kier alpha value is -0.610. The van der Waals surface area contributed by atoms with Crippen molar-refractivity contribution in [2.45, 2.75) is 65.0 Å². The van der Waals surface area contributed by atoms with Gasteiger partial charge in [-0.25, -0.2) is 0 Å². The number of nitrogens with one attached hydrogen (secondary N) is 1. The van der Waals surface area contributed by atoms with E-state index in [1.54, 1.807) is 0 Å². The topological polar surface area (TPSA) is 58.4 Å². The van der Waals surface area contributed by atoms with E-state index in [0.717, 1.165) is 38.8 Å². The lowest BCUT2D eigenvalue weighted by molar-refractivity contribution is -0.126. The molecule has 3 atom stereocenters. The molecule has 20 heavy (non-hydrogen) atoms. The van der Waals surface area contributed by atoms with E-state index in [0.29, 0.717) is 17.9 Å². The lowest BCUT2D eigenvalue weighted by Crippen LogP contribution is -2.58. The minimum atomic E-state index is -0.462. The molecule has 0 heterocycles. The predicted octanol–water partition coefficient (Wildman–Crippen LogP) is 1.99. The fourth-order valence-corrected chi connectivity index (χ4v) is 3.50. The third-order valence-corrected chi connectivity index (χ3v) is 5.24. The third kappa shape index (κ3) is 3.73. The van der Waals surface area contributed by atoms with Crippen molar-refractivity contribution in [2.75, 3.05) is 20.1 Å². The maximum absolute atomic E-state index is 12.0. The largest absolute Gasteiger partial charge is 0.368 e. The molecule has 0 aromatic heterocycles. The zero-order valence-electron chi connectivity index (χ0n) is 13.9. The van der Waals surface area contributed by atoms with Crippen LogP contribution in [-0.2, 0) is 4.79 Å². The summed E-state index contributed by atoms with van der Waals surface area (Å²) in [6.45, 7) is 10.7. The van der Waals surface area contributed by atoms with Crippen LogP contribution in [0.1, 0.15) is 53.4 Å². The monoisotopic (exact) mass is 283 g/mol. The molecule has 4 heteroatoms. The molecule has 0 bridgehead atoms. The minimum Gasteiger partial charge on any atom is -0.368 e. The molecule has 4 nitrogen and oxygen atoms in total. The summed E-state index contributed by atoms with van der Waals surface area (Å²) in [6.07, 6.45) is 4.15. The van der Waals surface area contributed by atoms with Crippen LogP contribution in [-0.4, -0.2) is 42.5 Å². The van der Waals surface area contributed by atoms with Crippen LogP contribution < -0.4 is 11.1 Å². The molecule has 1 rings (SSSR count). The SMILES string of the molecule is CCNC1(C(N)=O)CCCC1CCN(C)C(C)C(C)C. The molecule has 1 amide bonds. The van der Waals surface area contributed by atoms with Crippen LogP contribution >= 0.6 is 0 Å². The molecule has 0 saturated heterocycles. The van der Waals surface area contributed by atoms with E-state index in [9.17, 15) is 4.79 Å². The summed E-state index contributed by atoms with van der Waals surface area (Å²) < 4.78 is 0. The van der Waals surface area contributed by atoms with Crippen LogP contribution in [0.5, 0.6) is 0 Å². The van der Waals surface area contributed by atoms with Gasteiger partial charge in [-0.1, -0.05) is 27.2 Å². The molecule has 1 saturated carbocycles. The predicted molar refractivity (Wildman–Crippen MR) is 84.5 cm³/mol. The van der Waals surface area contributed by atoms with E-state index in [4.69, 9.17) is 5.73 Å². The number of likely N-dealkylation sites (N-methyl/N-ethyl adjacent to an activating group) is 1. The fourth-order valence-electron chi connectivity index (χ4n) is 3.50. The molecule has 1 aliphatic carbocycles. The summed E-state index contributed by atoms with van der Waals surface area (Å²) in [5, 5.41) is 3.39. The second kappa shape index (κ2) is 7.41. The van der Waals surface area contributed by atoms with Crippen LogP contribution in [0.25, 0.3) is 0 Å². The lowest BCUT2D eigenvalue weighted by Gasteiger charge is -2.35. The fraction of sp³-hybridized carbons (Fsp3) is 0.938. The van der Waals surface area contributed by atoms with E-state index in [2.05, 4.69) is 38.0 Å². The quantitative estimate of drug-likeness (QED) is 0.716. The Bertz CT molecular complexity index is 319. The first-order valence-corrected chi connectivity index (χ1v) is 8.10. The van der Waals surface area contributed by atoms with Gasteiger partial charge in [0.25, 0.3) is 0 Å². The standard InChI is InChI=1S/C16H33N3O/c1-6-18-16(15(17)20)10-7-8-14(16)9-11-19(5)13(4)12(2)3/h12-14,18H,6-11H2,1-5H3,(H2,17,20). The van der Waals surface area contributed by atoms with Gasteiger partial charge < -0.3 is 16.0 Å². The van der Waals surface area contributed by atoms with Gasteiger partial charge in [-0.15, -0.1) is 0 Å². The average Bonchev–Trinajstić information content (AvgIpc) is 2.79. The van der Waals surface area contributed by atoms with Crippen molar-refractivity contribution in [3.05, 3.63) is 0 Å². The van der Waals surface area contributed by atoms with Gasteiger partial charge in [0.2, 0.25) is 5.91 Å². The van der Waals surface area contributed by atoms with Crippen molar-refractivity contribution in [1.82, 2.24) is 10.2 Å². The first kappa shape index (κ1) is 17.4. The van der Waals surface area contributed by atoms with Gasteiger partial charge in [0.1, 0.15) is 5.54 Å². The van der Waals surface area contributed by atoms with Gasteiger partial charge >= 0.3 is 0 Å². The molecule has 1 aliphatic rings. The Morgan fingerprint density at radius 3 is 2.60 bits per heavy atom. The number of hydrogen-bond donors (Lipinski definition) is 2. The maximum atomic E-state index is 12.0. The van der Waals surface area contributed by atoms with Gasteiger partial charge in [0, 0.05) is 6.04 Å². The molecule has 1 fully saturated rings. The molecule has 0 aromatic rings. The van der Waals surface area contributed by atoms with E-state index in [1.807, 2.05) is 6.92 Å². The van der Waals surface area contributed by atoms with E-state index in [1.165, 1.54) is 0 Å². The summed E-state index contributed by atoms with van der Waals surface area (Å²) in [5.74, 6) is 0.862. The number of primary amides is 1. The van der Waals surface area contributed by atoms with Crippen LogP contribution in [0.4, 0.5) is 0 Å². The van der Waals surface area contributed by atoms with Gasteiger partial charge in [-0.05, 0) is 58.2 Å². The Morgan fingerprint density at radius 2 is 2.10 bits per heavy atom. The van der Waals surface area contributed by atoms with Crippen molar-refractivity contribution < 1.29 is 4.79 Å². The normalized spacial score (nSPS) is 28.2. The number of hydrogen-bond acceptors (Lipinski definition) is 3. The zero-order valence-corrected chi connectivity index (χ0v) is 13.9. The highest BCUT2D eigenvalue weighted by Gasteiger charge is 2.46. The Labute approximate surface area is 124 Å². The number of amides is 1. The summed E-state index contributed by atoms with van der Waals surface area (Å²) in [4.78, 5) is 14.4. The molecule has 0 aliphatic heterocycles. The molecule has 0 aromatic carbocycles. The second-order valence-corrected chi connectivity index (χ2v) is 6.71. The van der Waals surface area contributed by atoms with Crippen molar-refractivity contribution >= 4 is 5.91 Å². The van der Waals surface area contributed by atoms with Gasteiger partial charge in [-0.2, -0.15) is 0 Å². The number of rotatable bonds is 8. The second-order valence-electron chi connectivity index (χ2n) is 6.71. The highest BCUT2D eigenvalue weighted by molar-refractivity contribution is 5.85. The van der Waals surface area contributed by atoms with Crippen LogP contribution in [0.3, 0.4) is 0 Å². The summed E-state index contributed by atoms with van der Waals surface area (Å²) in [6, 6.07) is 0.568. The number of carbonyl (C=O) groups is 1. The smallest absolute Gasteiger partial charge is 0.238 e. The van der Waals surface area contributed by atoms with E-state index >= 15 is 0 Å². The van der Waals surface area contributed by atoms with Crippen molar-refractivity contribution in [1.29, 1.82) is 0 Å². The average molecular weight is 283 g/mol. The minimum absolute atomic E-state index is 0.165. The molecule has 0 radical (unpaired) electrons. The van der Waals surface area contributed by atoms with Crippen LogP contribution in [0.2, 0.25) is 0 Å². The first-order valence-electron chi connectivity index (χ1n) is 8.10. The zero-order chi connectivity index (χ0) is 15.3. The van der Waals surface area contributed by atoms with E-state index < -0.39 is 5.54 Å². The lowest BCUT2D eigenvalue weighted by atomic mass is 9.83. The number of nitrogens with two attached hydrogens (primary N) is 1. The third-order valence-electron chi connectivity index (χ3n) is 5.24. The Balaban J connectivity index is 2.63. The first-order chi connectivity index (χ1) is 9.35. The summed E-state index contributed by atoms with van der Waals surface area (Å²) in [5.41, 5.74) is 5.25. The molecule has 3 unspecified atom stereocenters. The molecule has 0 spiro atoms. The molecule has 118 valence electrons. The van der Waals surface area contributed by atoms with Gasteiger partial charge in [0.05, 0.1) is 0 Å². The van der Waals surface area contributed by atoms with Crippen molar-refractivity contribution in [3.63, 3.8) is 0 Å². The van der Waals surface area contributed by atoms with Crippen LogP contribution in [0.15, 0.2) is 0 Å². The molecule has 3 N–H and O–H groups in total. The number of nitrogens with zero attached hydrogens (tertiary/aromatic N) is 1. The maximum Gasteiger partial charge on any atom is 0.238 e. The molecular formula is C16H33N3O.